The molecule has 0 radical (unpaired) electrons. The van der Waals surface area contributed by atoms with Crippen LogP contribution in [0.4, 0.5) is 14.6 Å². The van der Waals surface area contributed by atoms with Gasteiger partial charge in [-0.25, -0.2) is 13.8 Å². The largest absolute Gasteiger partial charge is 0.364 e. The predicted octanol–water partition coefficient (Wildman–Crippen LogP) is 2.52. The van der Waals surface area contributed by atoms with Crippen LogP contribution in [0.2, 0.25) is 0 Å². The fraction of sp³-hybridized carbons (Fsp3) is 0.500. The third-order valence-corrected chi connectivity index (χ3v) is 2.49. The molecule has 14 heavy (non-hydrogen) atoms. The Balaban J connectivity index is 2.00. The van der Waals surface area contributed by atoms with Crippen molar-refractivity contribution in [2.75, 3.05) is 5.32 Å². The summed E-state index contributed by atoms with van der Waals surface area (Å²) in [6, 6.07) is 2.69. The molecule has 2 unspecified atom stereocenters. The van der Waals surface area contributed by atoms with Crippen molar-refractivity contribution in [3.8, 4) is 0 Å². The molecule has 1 saturated carbocycles. The third kappa shape index (κ3) is 2.00. The zero-order valence-electron chi connectivity index (χ0n) is 7.71. The van der Waals surface area contributed by atoms with Crippen LogP contribution in [0.3, 0.4) is 0 Å². The van der Waals surface area contributed by atoms with Gasteiger partial charge >= 0.3 is 0 Å². The summed E-state index contributed by atoms with van der Waals surface area (Å²) in [5.41, 5.74) is 0. The van der Waals surface area contributed by atoms with Crippen molar-refractivity contribution in [3.05, 3.63) is 24.1 Å². The first-order chi connectivity index (χ1) is 6.75. The van der Waals surface area contributed by atoms with Gasteiger partial charge in [-0.1, -0.05) is 0 Å². The van der Waals surface area contributed by atoms with Gasteiger partial charge in [0.1, 0.15) is 17.8 Å². The van der Waals surface area contributed by atoms with E-state index in [0.29, 0.717) is 12.2 Å². The quantitative estimate of drug-likeness (QED) is 0.789. The maximum Gasteiger partial charge on any atom is 0.141 e. The first-order valence-corrected chi connectivity index (χ1v) is 4.78. The van der Waals surface area contributed by atoms with Gasteiger partial charge in [0, 0.05) is 0 Å². The Bertz CT molecular complexity index is 299. The van der Waals surface area contributed by atoms with Gasteiger partial charge in [0.2, 0.25) is 0 Å². The topological polar surface area (TPSA) is 24.9 Å². The van der Waals surface area contributed by atoms with E-state index in [4.69, 9.17) is 0 Å². The van der Waals surface area contributed by atoms with E-state index in [2.05, 4.69) is 10.3 Å². The van der Waals surface area contributed by atoms with Crippen molar-refractivity contribution in [2.45, 2.75) is 31.5 Å². The van der Waals surface area contributed by atoms with Gasteiger partial charge in [-0.05, 0) is 31.4 Å². The lowest BCUT2D eigenvalue weighted by atomic mass is 10.2. The van der Waals surface area contributed by atoms with E-state index < -0.39 is 6.17 Å². The Hall–Kier alpha value is -1.19. The summed E-state index contributed by atoms with van der Waals surface area (Å²) in [5.74, 6) is 0.166. The number of alkyl halides is 1. The van der Waals surface area contributed by atoms with Crippen molar-refractivity contribution < 1.29 is 8.78 Å². The first kappa shape index (κ1) is 9.37. The second-order valence-electron chi connectivity index (χ2n) is 3.56. The molecule has 0 saturated heterocycles. The van der Waals surface area contributed by atoms with Gasteiger partial charge in [-0.2, -0.15) is 0 Å². The number of rotatable bonds is 2. The lowest BCUT2D eigenvalue weighted by molar-refractivity contribution is 0.323. The molecule has 76 valence electrons. The van der Waals surface area contributed by atoms with E-state index >= 15 is 0 Å². The molecule has 2 atom stereocenters. The van der Waals surface area contributed by atoms with Crippen molar-refractivity contribution in [1.29, 1.82) is 0 Å². The van der Waals surface area contributed by atoms with Crippen LogP contribution in [0.15, 0.2) is 18.3 Å². The van der Waals surface area contributed by atoms with Crippen molar-refractivity contribution >= 4 is 5.82 Å². The molecular formula is C10H12F2N2. The maximum atomic E-state index is 13.2. The molecule has 1 aliphatic rings. The van der Waals surface area contributed by atoms with Crippen LogP contribution in [0.1, 0.15) is 19.3 Å². The van der Waals surface area contributed by atoms with Crippen LogP contribution in [0.5, 0.6) is 0 Å². The molecule has 1 aromatic heterocycles. The fourth-order valence-corrected chi connectivity index (χ4v) is 1.73. The summed E-state index contributed by atoms with van der Waals surface area (Å²) in [4.78, 5) is 3.82. The van der Waals surface area contributed by atoms with E-state index in [1.807, 2.05) is 0 Å². The minimum absolute atomic E-state index is 0.159. The van der Waals surface area contributed by atoms with E-state index in [-0.39, 0.29) is 11.9 Å². The predicted molar refractivity (Wildman–Crippen MR) is 50.4 cm³/mol. The van der Waals surface area contributed by atoms with E-state index in [1.165, 1.54) is 12.1 Å². The summed E-state index contributed by atoms with van der Waals surface area (Å²) in [6.45, 7) is 0. The van der Waals surface area contributed by atoms with Crippen molar-refractivity contribution in [1.82, 2.24) is 4.98 Å². The number of nitrogens with zero attached hydrogens (tertiary/aromatic N) is 1. The zero-order chi connectivity index (χ0) is 9.97. The number of nitrogens with one attached hydrogen (secondary N) is 1. The van der Waals surface area contributed by atoms with Gasteiger partial charge < -0.3 is 5.32 Å². The van der Waals surface area contributed by atoms with Crippen LogP contribution in [-0.2, 0) is 0 Å². The second-order valence-corrected chi connectivity index (χ2v) is 3.56. The van der Waals surface area contributed by atoms with Crippen molar-refractivity contribution in [3.63, 3.8) is 0 Å². The third-order valence-electron chi connectivity index (χ3n) is 2.49. The standard InChI is InChI=1S/C10H12F2N2/c11-7-4-5-10(13-6-7)14-9-3-1-2-8(9)12/h4-6,8-9H,1-3H2,(H,13,14). The summed E-state index contributed by atoms with van der Waals surface area (Å²) in [5, 5.41) is 2.97. The Kier molecular flexibility index (Phi) is 2.61. The highest BCUT2D eigenvalue weighted by Gasteiger charge is 2.26. The van der Waals surface area contributed by atoms with E-state index in [0.717, 1.165) is 19.0 Å². The monoisotopic (exact) mass is 198 g/mol. The molecule has 1 fully saturated rings. The normalized spacial score (nSPS) is 26.4. The van der Waals surface area contributed by atoms with Crippen molar-refractivity contribution in [2.24, 2.45) is 0 Å². The number of halogens is 2. The molecular weight excluding hydrogens is 186 g/mol. The lowest BCUT2D eigenvalue weighted by Crippen LogP contribution is -2.25. The molecule has 1 aromatic rings. The molecule has 1 N–H and O–H groups in total. The molecule has 0 amide bonds. The molecule has 1 heterocycles. The van der Waals surface area contributed by atoms with Gasteiger partial charge in [0.25, 0.3) is 0 Å². The van der Waals surface area contributed by atoms with Gasteiger partial charge in [0.05, 0.1) is 12.2 Å². The molecule has 0 aliphatic heterocycles. The minimum Gasteiger partial charge on any atom is -0.364 e. The minimum atomic E-state index is -0.804. The first-order valence-electron chi connectivity index (χ1n) is 4.78. The number of hydrogen-bond acceptors (Lipinski definition) is 2. The molecule has 2 rings (SSSR count). The average molecular weight is 198 g/mol. The lowest BCUT2D eigenvalue weighted by Gasteiger charge is -2.14. The van der Waals surface area contributed by atoms with Crippen LogP contribution in [0, 0.1) is 5.82 Å². The Morgan fingerprint density at radius 1 is 1.36 bits per heavy atom. The Morgan fingerprint density at radius 3 is 2.79 bits per heavy atom. The zero-order valence-corrected chi connectivity index (χ0v) is 7.71. The summed E-state index contributed by atoms with van der Waals surface area (Å²) in [7, 11) is 0. The Labute approximate surface area is 81.4 Å². The van der Waals surface area contributed by atoms with Crippen LogP contribution < -0.4 is 5.32 Å². The highest BCUT2D eigenvalue weighted by atomic mass is 19.1. The number of hydrogen-bond donors (Lipinski definition) is 1. The summed E-state index contributed by atoms with van der Waals surface area (Å²) < 4.78 is 25.7. The van der Waals surface area contributed by atoms with E-state index in [1.54, 1.807) is 0 Å². The highest BCUT2D eigenvalue weighted by Crippen LogP contribution is 2.24. The SMILES string of the molecule is Fc1ccc(NC2CCCC2F)nc1. The maximum absolute atomic E-state index is 13.2. The molecule has 0 aromatic carbocycles. The molecule has 2 nitrogen and oxygen atoms in total. The van der Waals surface area contributed by atoms with Crippen LogP contribution in [0.25, 0.3) is 0 Å². The molecule has 4 heteroatoms. The van der Waals surface area contributed by atoms with Gasteiger partial charge in [-0.15, -0.1) is 0 Å². The van der Waals surface area contributed by atoms with E-state index in [9.17, 15) is 8.78 Å². The smallest absolute Gasteiger partial charge is 0.141 e. The fourth-order valence-electron chi connectivity index (χ4n) is 1.73. The Morgan fingerprint density at radius 2 is 2.21 bits per heavy atom. The number of aromatic nitrogens is 1. The number of anilines is 1. The van der Waals surface area contributed by atoms with Crippen LogP contribution >= 0.6 is 0 Å². The molecule has 1 aliphatic carbocycles. The van der Waals surface area contributed by atoms with Gasteiger partial charge in [0.15, 0.2) is 0 Å². The number of pyridine rings is 1. The average Bonchev–Trinajstić information content (AvgIpc) is 2.56. The van der Waals surface area contributed by atoms with Crippen LogP contribution in [-0.4, -0.2) is 17.2 Å². The summed E-state index contributed by atoms with van der Waals surface area (Å²) >= 11 is 0. The second kappa shape index (κ2) is 3.90. The molecule has 0 spiro atoms. The van der Waals surface area contributed by atoms with Gasteiger partial charge in [-0.3, -0.25) is 0 Å². The summed E-state index contributed by atoms with van der Waals surface area (Å²) in [6.07, 6.45) is 2.66. The molecule has 0 bridgehead atoms. The highest BCUT2D eigenvalue weighted by molar-refractivity contribution is 5.35.